The summed E-state index contributed by atoms with van der Waals surface area (Å²) in [7, 11) is 0. The van der Waals surface area contributed by atoms with Crippen LogP contribution in [0.25, 0.3) is 0 Å². The lowest BCUT2D eigenvalue weighted by Crippen LogP contribution is -2.07. The van der Waals surface area contributed by atoms with Crippen LogP contribution in [0.3, 0.4) is 0 Å². The number of thioether (sulfide) groups is 1. The van der Waals surface area contributed by atoms with E-state index in [9.17, 15) is 23.7 Å². The topological polar surface area (TPSA) is 69.4 Å². The number of nitro groups is 1. The average molecular weight is 277 g/mol. The number of benzene rings is 1. The van der Waals surface area contributed by atoms with Gasteiger partial charge in [0.25, 0.3) is 5.69 Å². The van der Waals surface area contributed by atoms with Crippen molar-refractivity contribution in [1.29, 1.82) is 0 Å². The van der Waals surface area contributed by atoms with Crippen LogP contribution in [0.2, 0.25) is 0 Å². The molecule has 0 N–H and O–H groups in total. The summed E-state index contributed by atoms with van der Waals surface area (Å²) in [5.74, 6) is -3.51. The standard InChI is InChI=1S/C10H9F2NO4S/c1-2-17-8(14)5-18-10-7(13(15)16)4-3-6(11)9(10)12/h3-4H,2,5H2,1H3. The number of hydrogen-bond donors (Lipinski definition) is 0. The van der Waals surface area contributed by atoms with E-state index in [0.717, 1.165) is 6.07 Å². The summed E-state index contributed by atoms with van der Waals surface area (Å²) in [6.45, 7) is 1.74. The van der Waals surface area contributed by atoms with Crippen LogP contribution >= 0.6 is 11.8 Å². The molecule has 0 aromatic heterocycles. The molecule has 1 aromatic rings. The Morgan fingerprint density at radius 2 is 2.17 bits per heavy atom. The molecule has 0 aliphatic carbocycles. The molecule has 5 nitrogen and oxygen atoms in total. The van der Waals surface area contributed by atoms with Gasteiger partial charge in [0, 0.05) is 6.07 Å². The monoisotopic (exact) mass is 277 g/mol. The van der Waals surface area contributed by atoms with E-state index in [-0.39, 0.29) is 12.4 Å². The highest BCUT2D eigenvalue weighted by molar-refractivity contribution is 8.00. The molecule has 0 aliphatic rings. The fourth-order valence-corrected chi connectivity index (χ4v) is 2.00. The summed E-state index contributed by atoms with van der Waals surface area (Å²) in [5, 5.41) is 10.6. The predicted octanol–water partition coefficient (Wildman–Crippen LogP) is 2.53. The Hall–Kier alpha value is -1.70. The second kappa shape index (κ2) is 6.29. The van der Waals surface area contributed by atoms with Gasteiger partial charge in [-0.2, -0.15) is 0 Å². The molecule has 1 aromatic carbocycles. The molecule has 1 rings (SSSR count). The van der Waals surface area contributed by atoms with Crippen molar-refractivity contribution in [2.24, 2.45) is 0 Å². The number of halogens is 2. The lowest BCUT2D eigenvalue weighted by Gasteiger charge is -2.05. The lowest BCUT2D eigenvalue weighted by molar-refractivity contribution is -0.388. The molecule has 0 atom stereocenters. The minimum absolute atomic E-state index is 0.146. The highest BCUT2D eigenvalue weighted by Gasteiger charge is 2.22. The Morgan fingerprint density at radius 1 is 1.50 bits per heavy atom. The van der Waals surface area contributed by atoms with Gasteiger partial charge in [-0.3, -0.25) is 14.9 Å². The maximum atomic E-state index is 13.4. The maximum Gasteiger partial charge on any atom is 0.316 e. The van der Waals surface area contributed by atoms with Crippen LogP contribution in [0.5, 0.6) is 0 Å². The predicted molar refractivity (Wildman–Crippen MR) is 60.4 cm³/mol. The summed E-state index contributed by atoms with van der Waals surface area (Å²) in [6.07, 6.45) is 0. The number of esters is 1. The average Bonchev–Trinajstić information content (AvgIpc) is 2.31. The molecule has 0 saturated carbocycles. The van der Waals surface area contributed by atoms with E-state index < -0.39 is 33.1 Å². The van der Waals surface area contributed by atoms with Crippen molar-refractivity contribution in [1.82, 2.24) is 0 Å². The number of carbonyl (C=O) groups is 1. The summed E-state index contributed by atoms with van der Waals surface area (Å²) in [5.41, 5.74) is -0.580. The van der Waals surface area contributed by atoms with E-state index in [1.54, 1.807) is 6.92 Å². The first-order valence-corrected chi connectivity index (χ1v) is 5.86. The number of hydrogen-bond acceptors (Lipinski definition) is 5. The molecule has 0 unspecified atom stereocenters. The minimum Gasteiger partial charge on any atom is -0.465 e. The SMILES string of the molecule is CCOC(=O)CSc1c([N+](=O)[O-])ccc(F)c1F. The summed E-state index contributed by atoms with van der Waals surface area (Å²) < 4.78 is 31.0. The van der Waals surface area contributed by atoms with Crippen LogP contribution in [0.4, 0.5) is 14.5 Å². The molecule has 0 aliphatic heterocycles. The van der Waals surface area contributed by atoms with Crippen molar-refractivity contribution >= 4 is 23.4 Å². The van der Waals surface area contributed by atoms with Crippen molar-refractivity contribution in [3.05, 3.63) is 33.9 Å². The molecule has 0 radical (unpaired) electrons. The first-order chi connectivity index (χ1) is 8.47. The van der Waals surface area contributed by atoms with Crippen LogP contribution < -0.4 is 0 Å². The van der Waals surface area contributed by atoms with Gasteiger partial charge in [0.1, 0.15) is 4.90 Å². The van der Waals surface area contributed by atoms with Crippen molar-refractivity contribution in [2.45, 2.75) is 11.8 Å². The largest absolute Gasteiger partial charge is 0.465 e. The molecule has 0 saturated heterocycles. The fourth-order valence-electron chi connectivity index (χ4n) is 1.14. The Bertz CT molecular complexity index is 481. The van der Waals surface area contributed by atoms with Gasteiger partial charge in [-0.15, -0.1) is 11.8 Å². The van der Waals surface area contributed by atoms with Crippen molar-refractivity contribution in [3.63, 3.8) is 0 Å². The van der Waals surface area contributed by atoms with Crippen LogP contribution in [-0.4, -0.2) is 23.3 Å². The molecule has 98 valence electrons. The molecule has 0 heterocycles. The van der Waals surface area contributed by atoms with E-state index in [1.807, 2.05) is 0 Å². The summed E-state index contributed by atoms with van der Waals surface area (Å²) in [6, 6.07) is 1.52. The van der Waals surface area contributed by atoms with Gasteiger partial charge in [0.05, 0.1) is 17.3 Å². The van der Waals surface area contributed by atoms with Crippen LogP contribution in [0.15, 0.2) is 17.0 Å². The summed E-state index contributed by atoms with van der Waals surface area (Å²) >= 11 is 0.533. The molecule has 0 bridgehead atoms. The van der Waals surface area contributed by atoms with Crippen LogP contribution in [0.1, 0.15) is 6.92 Å². The first kappa shape index (κ1) is 14.4. The number of nitrogens with zero attached hydrogens (tertiary/aromatic N) is 1. The van der Waals surface area contributed by atoms with E-state index >= 15 is 0 Å². The number of nitro benzene ring substituents is 1. The van der Waals surface area contributed by atoms with Crippen molar-refractivity contribution in [2.75, 3.05) is 12.4 Å². The molecular formula is C10H9F2NO4S. The van der Waals surface area contributed by atoms with E-state index in [2.05, 4.69) is 4.74 Å². The quantitative estimate of drug-likeness (QED) is 0.358. The zero-order chi connectivity index (χ0) is 13.7. The van der Waals surface area contributed by atoms with Gasteiger partial charge in [0.15, 0.2) is 11.6 Å². The van der Waals surface area contributed by atoms with Gasteiger partial charge in [-0.25, -0.2) is 8.78 Å². The summed E-state index contributed by atoms with van der Waals surface area (Å²) in [4.78, 5) is 20.4. The Balaban J connectivity index is 2.95. The van der Waals surface area contributed by atoms with Crippen LogP contribution in [0, 0.1) is 21.7 Å². The number of carbonyl (C=O) groups excluding carboxylic acids is 1. The zero-order valence-electron chi connectivity index (χ0n) is 9.31. The molecule has 0 fully saturated rings. The zero-order valence-corrected chi connectivity index (χ0v) is 10.1. The maximum absolute atomic E-state index is 13.4. The molecule has 0 amide bonds. The number of rotatable bonds is 5. The minimum atomic E-state index is -1.33. The third kappa shape index (κ3) is 3.39. The van der Waals surface area contributed by atoms with Gasteiger partial charge in [-0.05, 0) is 13.0 Å². The van der Waals surface area contributed by atoms with Crippen LogP contribution in [-0.2, 0) is 9.53 Å². The first-order valence-electron chi connectivity index (χ1n) is 4.88. The number of ether oxygens (including phenoxy) is 1. The molecule has 18 heavy (non-hydrogen) atoms. The second-order valence-electron chi connectivity index (χ2n) is 3.06. The molecule has 8 heteroatoms. The van der Waals surface area contributed by atoms with E-state index in [4.69, 9.17) is 0 Å². The van der Waals surface area contributed by atoms with Crippen molar-refractivity contribution < 1.29 is 23.2 Å². The molecular weight excluding hydrogens is 268 g/mol. The third-order valence-electron chi connectivity index (χ3n) is 1.87. The molecule has 0 spiro atoms. The normalized spacial score (nSPS) is 10.2. The van der Waals surface area contributed by atoms with Crippen molar-refractivity contribution in [3.8, 4) is 0 Å². The third-order valence-corrected chi connectivity index (χ3v) is 2.92. The smallest absolute Gasteiger partial charge is 0.316 e. The highest BCUT2D eigenvalue weighted by atomic mass is 32.2. The van der Waals surface area contributed by atoms with Gasteiger partial charge < -0.3 is 4.74 Å². The van der Waals surface area contributed by atoms with E-state index in [1.165, 1.54) is 0 Å². The second-order valence-corrected chi connectivity index (χ2v) is 4.05. The van der Waals surface area contributed by atoms with Gasteiger partial charge in [-0.1, -0.05) is 0 Å². The Morgan fingerprint density at radius 3 is 2.72 bits per heavy atom. The lowest BCUT2D eigenvalue weighted by atomic mass is 10.3. The van der Waals surface area contributed by atoms with Gasteiger partial charge in [0.2, 0.25) is 0 Å². The Kier molecular flexibility index (Phi) is 5.02. The fraction of sp³-hybridized carbons (Fsp3) is 0.300. The Labute approximate surface area is 105 Å². The highest BCUT2D eigenvalue weighted by Crippen LogP contribution is 2.33. The van der Waals surface area contributed by atoms with Gasteiger partial charge >= 0.3 is 5.97 Å². The van der Waals surface area contributed by atoms with E-state index in [0.29, 0.717) is 17.8 Å².